The van der Waals surface area contributed by atoms with E-state index in [9.17, 15) is 4.79 Å². The molecule has 0 fully saturated rings. The van der Waals surface area contributed by atoms with Gasteiger partial charge in [0.25, 0.3) is 0 Å². The fraction of sp³-hybridized carbons (Fsp3) is 0.458. The molecule has 0 aromatic heterocycles. The van der Waals surface area contributed by atoms with Gasteiger partial charge in [-0.3, -0.25) is 0 Å². The quantitative estimate of drug-likeness (QED) is 0.624. The van der Waals surface area contributed by atoms with E-state index in [1.54, 1.807) is 0 Å². The number of hydrogen-bond donors (Lipinski definition) is 1. The van der Waals surface area contributed by atoms with Crippen LogP contribution in [0.3, 0.4) is 0 Å². The van der Waals surface area contributed by atoms with Gasteiger partial charge in [0.05, 0.1) is 0 Å². The summed E-state index contributed by atoms with van der Waals surface area (Å²) in [5.41, 5.74) is 4.45. The average Bonchev–Trinajstić information content (AvgIpc) is 2.59. The van der Waals surface area contributed by atoms with Gasteiger partial charge < -0.3 is 10.1 Å². The fourth-order valence-electron chi connectivity index (χ4n) is 3.01. The molecule has 2 aromatic carbocycles. The van der Waals surface area contributed by atoms with Gasteiger partial charge in [0.15, 0.2) is 0 Å². The highest BCUT2D eigenvalue weighted by Crippen LogP contribution is 2.21. The molecule has 0 aliphatic heterocycles. The number of alkyl carbamates (subject to hydrolysis) is 1. The van der Waals surface area contributed by atoms with Crippen molar-refractivity contribution in [1.29, 1.82) is 0 Å². The van der Waals surface area contributed by atoms with Gasteiger partial charge in [-0.05, 0) is 57.2 Å². The van der Waals surface area contributed by atoms with Crippen LogP contribution < -0.4 is 5.32 Å². The molecule has 2 aromatic rings. The van der Waals surface area contributed by atoms with Crippen molar-refractivity contribution in [2.75, 3.05) is 0 Å². The zero-order valence-corrected chi connectivity index (χ0v) is 17.3. The zero-order chi connectivity index (χ0) is 19.9. The summed E-state index contributed by atoms with van der Waals surface area (Å²) in [6.45, 7) is 9.92. The smallest absolute Gasteiger partial charge is 0.407 e. The first-order valence-corrected chi connectivity index (χ1v) is 9.92. The number of ether oxygens (including phenoxy) is 1. The van der Waals surface area contributed by atoms with Crippen molar-refractivity contribution in [2.24, 2.45) is 0 Å². The van der Waals surface area contributed by atoms with Crippen molar-refractivity contribution in [3.8, 4) is 11.1 Å². The minimum atomic E-state index is -0.477. The summed E-state index contributed by atoms with van der Waals surface area (Å²) in [6.07, 6.45) is 3.63. The van der Waals surface area contributed by atoms with Crippen LogP contribution in [0.1, 0.15) is 58.1 Å². The number of rotatable bonds is 7. The zero-order valence-electron chi connectivity index (χ0n) is 17.3. The van der Waals surface area contributed by atoms with Gasteiger partial charge in [0, 0.05) is 6.04 Å². The minimum absolute atomic E-state index is 0.0880. The molecule has 1 N–H and O–H groups in total. The molecule has 0 aliphatic carbocycles. The number of carbonyl (C=O) groups is 1. The molecule has 0 saturated carbocycles. The van der Waals surface area contributed by atoms with Gasteiger partial charge in [-0.2, -0.15) is 0 Å². The Morgan fingerprint density at radius 3 is 2.07 bits per heavy atom. The molecule has 1 atom stereocenters. The molecule has 2 rings (SSSR count). The topological polar surface area (TPSA) is 38.3 Å². The van der Waals surface area contributed by atoms with Crippen LogP contribution in [0.4, 0.5) is 4.79 Å². The second kappa shape index (κ2) is 9.59. The summed E-state index contributed by atoms with van der Waals surface area (Å²) < 4.78 is 5.42. The van der Waals surface area contributed by atoms with E-state index >= 15 is 0 Å². The van der Waals surface area contributed by atoms with Crippen LogP contribution >= 0.6 is 0 Å². The first-order valence-electron chi connectivity index (χ1n) is 9.92. The van der Waals surface area contributed by atoms with E-state index < -0.39 is 5.60 Å². The van der Waals surface area contributed by atoms with Crippen LogP contribution in [0.5, 0.6) is 0 Å². The van der Waals surface area contributed by atoms with Crippen LogP contribution in [0.25, 0.3) is 11.1 Å². The lowest BCUT2D eigenvalue weighted by molar-refractivity contribution is 0.0501. The minimum Gasteiger partial charge on any atom is -0.444 e. The predicted molar refractivity (Wildman–Crippen MR) is 113 cm³/mol. The van der Waals surface area contributed by atoms with E-state index in [1.165, 1.54) is 22.3 Å². The molecule has 27 heavy (non-hydrogen) atoms. The van der Waals surface area contributed by atoms with Crippen LogP contribution in [0, 0.1) is 6.92 Å². The highest BCUT2D eigenvalue weighted by molar-refractivity contribution is 5.68. The largest absolute Gasteiger partial charge is 0.444 e. The van der Waals surface area contributed by atoms with E-state index in [0.29, 0.717) is 0 Å². The van der Waals surface area contributed by atoms with Crippen LogP contribution in [0.2, 0.25) is 0 Å². The molecular weight excluding hydrogens is 334 g/mol. The first-order chi connectivity index (χ1) is 12.8. The number of unbranched alkanes of at least 4 members (excludes halogenated alkanes) is 1. The number of amides is 1. The van der Waals surface area contributed by atoms with Crippen molar-refractivity contribution in [3.05, 3.63) is 59.7 Å². The van der Waals surface area contributed by atoms with E-state index in [4.69, 9.17) is 4.74 Å². The van der Waals surface area contributed by atoms with Crippen molar-refractivity contribution >= 4 is 6.09 Å². The Hall–Kier alpha value is -2.29. The molecule has 0 spiro atoms. The molecule has 0 radical (unpaired) electrons. The lowest BCUT2D eigenvalue weighted by Gasteiger charge is -2.24. The Bertz CT molecular complexity index is 712. The second-order valence-electron chi connectivity index (χ2n) is 8.25. The van der Waals surface area contributed by atoms with Crippen LogP contribution in [-0.2, 0) is 11.2 Å². The number of nitrogens with one attached hydrogen (secondary N) is 1. The van der Waals surface area contributed by atoms with Crippen molar-refractivity contribution in [2.45, 2.75) is 71.9 Å². The van der Waals surface area contributed by atoms with Crippen LogP contribution in [-0.4, -0.2) is 17.7 Å². The highest BCUT2D eigenvalue weighted by atomic mass is 16.6. The molecule has 0 bridgehead atoms. The lowest BCUT2D eigenvalue weighted by atomic mass is 9.98. The highest BCUT2D eigenvalue weighted by Gasteiger charge is 2.19. The van der Waals surface area contributed by atoms with E-state index in [0.717, 1.165) is 25.7 Å². The van der Waals surface area contributed by atoms with Crippen molar-refractivity contribution in [3.63, 3.8) is 0 Å². The fourth-order valence-corrected chi connectivity index (χ4v) is 3.01. The van der Waals surface area contributed by atoms with E-state index in [-0.39, 0.29) is 12.1 Å². The number of aryl methyl sites for hydroxylation is 1. The Morgan fingerprint density at radius 1 is 1.00 bits per heavy atom. The van der Waals surface area contributed by atoms with E-state index in [1.807, 2.05) is 20.8 Å². The molecule has 1 amide bonds. The monoisotopic (exact) mass is 367 g/mol. The number of benzene rings is 2. The molecule has 146 valence electrons. The van der Waals surface area contributed by atoms with Crippen molar-refractivity contribution < 1.29 is 9.53 Å². The van der Waals surface area contributed by atoms with Gasteiger partial charge in [-0.1, -0.05) is 73.9 Å². The summed E-state index contributed by atoms with van der Waals surface area (Å²) in [4.78, 5) is 12.2. The van der Waals surface area contributed by atoms with Gasteiger partial charge >= 0.3 is 6.09 Å². The standard InChI is InChI=1S/C24H33NO2/c1-6-7-8-22(25-23(26)27-24(3,4)5)17-19-11-15-21(16-12-19)20-13-9-18(2)10-14-20/h9-16,22H,6-8,17H2,1-5H3,(H,25,26)/t22-/m0/s1. The molecule has 3 nitrogen and oxygen atoms in total. The maximum Gasteiger partial charge on any atom is 0.407 e. The molecule has 0 unspecified atom stereocenters. The van der Waals surface area contributed by atoms with E-state index in [2.05, 4.69) is 67.7 Å². The van der Waals surface area contributed by atoms with Crippen molar-refractivity contribution in [1.82, 2.24) is 5.32 Å². The first kappa shape index (κ1) is 21.0. The third-order valence-corrected chi connectivity index (χ3v) is 4.45. The molecular formula is C24H33NO2. The molecule has 0 heterocycles. The summed E-state index contributed by atoms with van der Waals surface area (Å²) in [5, 5.41) is 3.05. The Balaban J connectivity index is 2.03. The van der Waals surface area contributed by atoms with Gasteiger partial charge in [-0.25, -0.2) is 4.79 Å². The van der Waals surface area contributed by atoms with Gasteiger partial charge in [0.1, 0.15) is 5.60 Å². The number of carbonyl (C=O) groups excluding carboxylic acids is 1. The second-order valence-corrected chi connectivity index (χ2v) is 8.25. The summed E-state index contributed by atoms with van der Waals surface area (Å²) in [5.74, 6) is 0. The molecule has 0 saturated heterocycles. The van der Waals surface area contributed by atoms with Gasteiger partial charge in [0.2, 0.25) is 0 Å². The summed E-state index contributed by atoms with van der Waals surface area (Å²) >= 11 is 0. The number of hydrogen-bond acceptors (Lipinski definition) is 2. The summed E-state index contributed by atoms with van der Waals surface area (Å²) in [7, 11) is 0. The Labute approximate surface area is 164 Å². The lowest BCUT2D eigenvalue weighted by Crippen LogP contribution is -2.40. The molecule has 0 aliphatic rings. The maximum atomic E-state index is 12.2. The third-order valence-electron chi connectivity index (χ3n) is 4.45. The third kappa shape index (κ3) is 7.46. The normalized spacial score (nSPS) is 12.5. The maximum absolute atomic E-state index is 12.2. The Kier molecular flexibility index (Phi) is 7.46. The summed E-state index contributed by atoms with van der Waals surface area (Å²) in [6, 6.07) is 17.3. The molecule has 3 heteroatoms. The average molecular weight is 368 g/mol. The SMILES string of the molecule is CCCC[C@@H](Cc1ccc(-c2ccc(C)cc2)cc1)NC(=O)OC(C)(C)C. The van der Waals surface area contributed by atoms with Gasteiger partial charge in [-0.15, -0.1) is 0 Å². The Morgan fingerprint density at radius 2 is 1.56 bits per heavy atom. The predicted octanol–water partition coefficient (Wildman–Crippen LogP) is 6.29. The van der Waals surface area contributed by atoms with Crippen LogP contribution in [0.15, 0.2) is 48.5 Å².